The maximum absolute atomic E-state index is 11.4. The van der Waals surface area contributed by atoms with E-state index < -0.39 is 17.7 Å². The lowest BCUT2D eigenvalue weighted by Crippen LogP contribution is -2.45. The molecule has 0 aromatic rings. The van der Waals surface area contributed by atoms with E-state index in [0.717, 1.165) is 5.75 Å². The highest BCUT2D eigenvalue weighted by Crippen LogP contribution is 2.06. The number of amides is 2. The number of nitrogens with one attached hydrogen (secondary N) is 2. The van der Waals surface area contributed by atoms with Crippen LogP contribution in [-0.2, 0) is 9.53 Å². The van der Waals surface area contributed by atoms with E-state index in [1.807, 2.05) is 6.92 Å². The van der Waals surface area contributed by atoms with Gasteiger partial charge in [-0.05, 0) is 27.7 Å². The summed E-state index contributed by atoms with van der Waals surface area (Å²) in [5.41, 5.74) is -0.557. The van der Waals surface area contributed by atoms with Gasteiger partial charge >= 0.3 is 6.09 Å². The third-order valence-electron chi connectivity index (χ3n) is 1.44. The van der Waals surface area contributed by atoms with Crippen molar-refractivity contribution in [1.82, 2.24) is 10.0 Å². The Morgan fingerprint density at radius 3 is 2.38 bits per heavy atom. The van der Waals surface area contributed by atoms with E-state index in [1.165, 1.54) is 11.9 Å². The smallest absolute Gasteiger partial charge is 0.408 e. The van der Waals surface area contributed by atoms with Crippen LogP contribution >= 0.6 is 11.9 Å². The summed E-state index contributed by atoms with van der Waals surface area (Å²) in [5, 5.41) is 2.46. The molecule has 0 heterocycles. The van der Waals surface area contributed by atoms with Crippen molar-refractivity contribution < 1.29 is 14.3 Å². The zero-order chi connectivity index (χ0) is 12.8. The highest BCUT2D eigenvalue weighted by atomic mass is 32.2. The predicted octanol–water partition coefficient (Wildman–Crippen LogP) is 1.68. The summed E-state index contributed by atoms with van der Waals surface area (Å²) in [7, 11) is 0. The molecule has 6 heteroatoms. The number of hydrogen-bond acceptors (Lipinski definition) is 4. The van der Waals surface area contributed by atoms with Gasteiger partial charge in [-0.2, -0.15) is 0 Å². The van der Waals surface area contributed by atoms with E-state index in [4.69, 9.17) is 4.74 Å². The predicted molar refractivity (Wildman–Crippen MR) is 65.1 cm³/mol. The Hall–Kier alpha value is -0.910. The Morgan fingerprint density at radius 2 is 1.94 bits per heavy atom. The van der Waals surface area contributed by atoms with Crippen LogP contribution in [0, 0.1) is 0 Å². The third kappa shape index (κ3) is 7.39. The van der Waals surface area contributed by atoms with Crippen LogP contribution < -0.4 is 10.0 Å². The minimum Gasteiger partial charge on any atom is -0.444 e. The fraction of sp³-hybridized carbons (Fsp3) is 0.800. The highest BCUT2D eigenvalue weighted by molar-refractivity contribution is 7.97. The summed E-state index contributed by atoms with van der Waals surface area (Å²) >= 11 is 1.29. The van der Waals surface area contributed by atoms with Gasteiger partial charge in [0.1, 0.15) is 11.6 Å². The Kier molecular flexibility index (Phi) is 6.25. The van der Waals surface area contributed by atoms with E-state index >= 15 is 0 Å². The lowest BCUT2D eigenvalue weighted by Gasteiger charge is -2.21. The minimum atomic E-state index is -0.603. The van der Waals surface area contributed by atoms with Gasteiger partial charge in [-0.25, -0.2) is 4.79 Å². The first-order chi connectivity index (χ1) is 7.26. The fourth-order valence-electron chi connectivity index (χ4n) is 0.782. The molecule has 0 unspecified atom stereocenters. The van der Waals surface area contributed by atoms with E-state index in [1.54, 1.807) is 27.7 Å². The maximum Gasteiger partial charge on any atom is 0.408 e. The summed E-state index contributed by atoms with van der Waals surface area (Å²) in [6.45, 7) is 8.84. The molecule has 5 nitrogen and oxygen atoms in total. The summed E-state index contributed by atoms with van der Waals surface area (Å²) in [6.07, 6.45) is -0.586. The van der Waals surface area contributed by atoms with Crippen molar-refractivity contribution in [3.05, 3.63) is 0 Å². The zero-order valence-corrected chi connectivity index (χ0v) is 11.2. The minimum absolute atomic E-state index is 0.238. The molecule has 0 aliphatic rings. The first-order valence-corrected chi connectivity index (χ1v) is 6.16. The summed E-state index contributed by atoms with van der Waals surface area (Å²) < 4.78 is 7.63. The second kappa shape index (κ2) is 6.62. The molecule has 0 aliphatic carbocycles. The van der Waals surface area contributed by atoms with Crippen LogP contribution in [-0.4, -0.2) is 29.4 Å². The number of carbonyl (C=O) groups is 2. The van der Waals surface area contributed by atoms with Crippen LogP contribution in [0.5, 0.6) is 0 Å². The van der Waals surface area contributed by atoms with Crippen LogP contribution in [0.1, 0.15) is 34.6 Å². The molecule has 0 saturated heterocycles. The number of rotatable bonds is 4. The van der Waals surface area contributed by atoms with Crippen LogP contribution in [0.4, 0.5) is 4.79 Å². The van der Waals surface area contributed by atoms with Gasteiger partial charge in [0.2, 0.25) is 0 Å². The van der Waals surface area contributed by atoms with Crippen LogP contribution in [0.15, 0.2) is 0 Å². The van der Waals surface area contributed by atoms with Crippen LogP contribution in [0.2, 0.25) is 0 Å². The lowest BCUT2D eigenvalue weighted by molar-refractivity contribution is -0.120. The summed E-state index contributed by atoms with van der Waals surface area (Å²) in [6, 6.07) is -0.603. The number of alkyl carbamates (subject to hydrolysis) is 1. The summed E-state index contributed by atoms with van der Waals surface area (Å²) in [4.78, 5) is 22.7. The first kappa shape index (κ1) is 15.1. The fourth-order valence-corrected chi connectivity index (χ4v) is 1.24. The second-order valence-corrected chi connectivity index (χ2v) is 5.34. The van der Waals surface area contributed by atoms with Crippen molar-refractivity contribution in [1.29, 1.82) is 0 Å². The van der Waals surface area contributed by atoms with E-state index in [-0.39, 0.29) is 5.91 Å². The largest absolute Gasteiger partial charge is 0.444 e. The van der Waals surface area contributed by atoms with Crippen molar-refractivity contribution in [3.8, 4) is 0 Å². The first-order valence-electron chi connectivity index (χ1n) is 5.17. The molecule has 0 rings (SSSR count). The molecule has 2 amide bonds. The molecule has 0 spiro atoms. The van der Waals surface area contributed by atoms with Crippen LogP contribution in [0.25, 0.3) is 0 Å². The van der Waals surface area contributed by atoms with Gasteiger partial charge in [-0.1, -0.05) is 18.9 Å². The molecule has 0 aromatic carbocycles. The molecule has 0 radical (unpaired) electrons. The van der Waals surface area contributed by atoms with Crippen LogP contribution in [0.3, 0.4) is 0 Å². The van der Waals surface area contributed by atoms with Gasteiger partial charge in [0.05, 0.1) is 0 Å². The third-order valence-corrected chi connectivity index (χ3v) is 2.08. The molecule has 0 fully saturated rings. The molecule has 16 heavy (non-hydrogen) atoms. The average molecular weight is 248 g/mol. The molecule has 94 valence electrons. The second-order valence-electron chi connectivity index (χ2n) is 4.27. The van der Waals surface area contributed by atoms with Crippen molar-refractivity contribution in [3.63, 3.8) is 0 Å². The van der Waals surface area contributed by atoms with Gasteiger partial charge in [0, 0.05) is 5.75 Å². The lowest BCUT2D eigenvalue weighted by atomic mass is 10.2. The number of ether oxygens (including phenoxy) is 1. The van der Waals surface area contributed by atoms with Crippen molar-refractivity contribution in [2.24, 2.45) is 0 Å². The molecular weight excluding hydrogens is 228 g/mol. The molecule has 1 atom stereocenters. The molecule has 2 N–H and O–H groups in total. The SMILES string of the molecule is CCSNC(=O)[C@@H](C)NC(=O)OC(C)(C)C. The van der Waals surface area contributed by atoms with Gasteiger partial charge in [-0.3, -0.25) is 9.52 Å². The van der Waals surface area contributed by atoms with E-state index in [9.17, 15) is 9.59 Å². The molecule has 0 aliphatic heterocycles. The summed E-state index contributed by atoms with van der Waals surface area (Å²) in [5.74, 6) is 0.544. The quantitative estimate of drug-likeness (QED) is 0.743. The standard InChI is InChI=1S/C10H20N2O3S/c1-6-16-12-8(13)7(2)11-9(14)15-10(3,4)5/h7H,6H2,1-5H3,(H,11,14)(H,12,13)/t7-/m1/s1. The van der Waals surface area contributed by atoms with Gasteiger partial charge in [0.15, 0.2) is 0 Å². The highest BCUT2D eigenvalue weighted by Gasteiger charge is 2.20. The molecule has 0 saturated carbocycles. The Balaban J connectivity index is 3.99. The average Bonchev–Trinajstić information content (AvgIpc) is 2.10. The van der Waals surface area contributed by atoms with Crippen molar-refractivity contribution in [2.75, 3.05) is 5.75 Å². The Morgan fingerprint density at radius 1 is 1.38 bits per heavy atom. The number of carbonyl (C=O) groups excluding carboxylic acids is 2. The Bertz CT molecular complexity index is 251. The van der Waals surface area contributed by atoms with Crippen molar-refractivity contribution >= 4 is 23.9 Å². The monoisotopic (exact) mass is 248 g/mol. The number of hydrogen-bond donors (Lipinski definition) is 2. The zero-order valence-electron chi connectivity index (χ0n) is 10.4. The van der Waals surface area contributed by atoms with Gasteiger partial charge in [-0.15, -0.1) is 0 Å². The molecular formula is C10H20N2O3S. The van der Waals surface area contributed by atoms with Gasteiger partial charge in [0.25, 0.3) is 5.91 Å². The normalized spacial score (nSPS) is 12.8. The van der Waals surface area contributed by atoms with Crippen molar-refractivity contribution in [2.45, 2.75) is 46.3 Å². The Labute approximate surface area is 101 Å². The molecule has 0 aromatic heterocycles. The van der Waals surface area contributed by atoms with Gasteiger partial charge < -0.3 is 10.1 Å². The maximum atomic E-state index is 11.4. The van der Waals surface area contributed by atoms with E-state index in [0.29, 0.717) is 0 Å². The topological polar surface area (TPSA) is 67.4 Å². The van der Waals surface area contributed by atoms with E-state index in [2.05, 4.69) is 10.0 Å². The molecule has 0 bridgehead atoms.